The predicted octanol–water partition coefficient (Wildman–Crippen LogP) is 4.39. The van der Waals surface area contributed by atoms with E-state index < -0.39 is 0 Å². The molecule has 0 spiro atoms. The van der Waals surface area contributed by atoms with Crippen LogP contribution in [-0.2, 0) is 0 Å². The summed E-state index contributed by atoms with van der Waals surface area (Å²) < 4.78 is 0. The second-order valence-electron chi connectivity index (χ2n) is 5.65. The average Bonchev–Trinajstić information content (AvgIpc) is 2.43. The van der Waals surface area contributed by atoms with Gasteiger partial charge in [0.2, 0.25) is 0 Å². The molecule has 0 heterocycles. The van der Waals surface area contributed by atoms with Crippen LogP contribution in [-0.4, -0.2) is 18.3 Å². The summed E-state index contributed by atoms with van der Waals surface area (Å²) in [4.78, 5) is 0. The van der Waals surface area contributed by atoms with Gasteiger partial charge in [-0.3, -0.25) is 0 Å². The zero-order chi connectivity index (χ0) is 14.0. The Kier molecular flexibility index (Phi) is 17.8. The van der Waals surface area contributed by atoms with Crippen LogP contribution in [0.5, 0.6) is 0 Å². The van der Waals surface area contributed by atoms with Crippen molar-refractivity contribution in [2.45, 2.75) is 89.9 Å². The lowest BCUT2D eigenvalue weighted by Crippen LogP contribution is -2.07. The van der Waals surface area contributed by atoms with Crippen molar-refractivity contribution in [2.75, 3.05) is 13.1 Å². The molecule has 0 saturated carbocycles. The molecule has 19 heavy (non-hydrogen) atoms. The summed E-state index contributed by atoms with van der Waals surface area (Å²) in [6.45, 7) is 1.60. The fourth-order valence-corrected chi connectivity index (χ4v) is 2.47. The van der Waals surface area contributed by atoms with Gasteiger partial charge in [-0.15, -0.1) is 0 Å². The van der Waals surface area contributed by atoms with Gasteiger partial charge in [-0.1, -0.05) is 77.0 Å². The zero-order valence-corrected chi connectivity index (χ0v) is 12.8. The minimum atomic E-state index is 0.741. The number of hydrogen-bond acceptors (Lipinski definition) is 3. The molecule has 0 aliphatic rings. The molecule has 0 aliphatic carbocycles. The number of nitrogens with two attached hydrogens (primary N) is 1. The third-order valence-electron chi connectivity index (χ3n) is 3.74. The normalized spacial score (nSPS) is 11.1. The van der Waals surface area contributed by atoms with Crippen LogP contribution < -0.4 is 11.2 Å². The first-order valence-electron chi connectivity index (χ1n) is 8.49. The van der Waals surface area contributed by atoms with E-state index in [4.69, 9.17) is 10.9 Å². The standard InChI is InChI=1S/C16H36N2O/c17-15-13-11-9-7-5-3-1-2-4-6-8-10-12-14-16-18-19/h18-19H,1-17H2. The molecular formula is C16H36N2O. The smallest absolute Gasteiger partial charge is 0.0207 e. The van der Waals surface area contributed by atoms with Gasteiger partial charge in [-0.05, 0) is 19.4 Å². The van der Waals surface area contributed by atoms with E-state index >= 15 is 0 Å². The molecule has 0 aromatic heterocycles. The quantitative estimate of drug-likeness (QED) is 0.288. The van der Waals surface area contributed by atoms with Crippen molar-refractivity contribution < 1.29 is 5.21 Å². The Bertz CT molecular complexity index is 138. The fourth-order valence-electron chi connectivity index (χ4n) is 2.47. The molecule has 0 aromatic rings. The first kappa shape index (κ1) is 18.9. The molecule has 0 aromatic carbocycles. The molecular weight excluding hydrogens is 236 g/mol. The highest BCUT2D eigenvalue weighted by Gasteiger charge is 1.94. The lowest BCUT2D eigenvalue weighted by Gasteiger charge is -2.03. The maximum atomic E-state index is 8.41. The Balaban J connectivity index is 2.88. The highest BCUT2D eigenvalue weighted by atomic mass is 16.5. The third kappa shape index (κ3) is 17.9. The molecule has 0 aliphatic heterocycles. The highest BCUT2D eigenvalue weighted by molar-refractivity contribution is 4.50. The molecule has 3 heteroatoms. The van der Waals surface area contributed by atoms with Gasteiger partial charge in [-0.2, -0.15) is 0 Å². The van der Waals surface area contributed by atoms with Crippen molar-refractivity contribution in [1.29, 1.82) is 0 Å². The summed E-state index contributed by atoms with van der Waals surface area (Å²) in [5.41, 5.74) is 7.68. The van der Waals surface area contributed by atoms with Crippen LogP contribution in [0, 0.1) is 0 Å². The van der Waals surface area contributed by atoms with E-state index in [1.165, 1.54) is 83.5 Å². The summed E-state index contributed by atoms with van der Waals surface area (Å²) in [5, 5.41) is 8.41. The maximum Gasteiger partial charge on any atom is 0.0207 e. The van der Waals surface area contributed by atoms with Crippen LogP contribution in [0.25, 0.3) is 0 Å². The molecule has 4 N–H and O–H groups in total. The van der Waals surface area contributed by atoms with Crippen molar-refractivity contribution >= 4 is 0 Å². The first-order valence-corrected chi connectivity index (χ1v) is 8.49. The summed E-state index contributed by atoms with van der Waals surface area (Å²) in [5.74, 6) is 0. The number of hydrogen-bond donors (Lipinski definition) is 3. The Morgan fingerprint density at radius 1 is 0.526 bits per heavy atom. The lowest BCUT2D eigenvalue weighted by molar-refractivity contribution is 0.164. The van der Waals surface area contributed by atoms with Crippen molar-refractivity contribution in [3.05, 3.63) is 0 Å². The van der Waals surface area contributed by atoms with Gasteiger partial charge in [0, 0.05) is 6.54 Å². The Morgan fingerprint density at radius 2 is 0.842 bits per heavy atom. The molecule has 0 fully saturated rings. The molecule has 3 nitrogen and oxygen atoms in total. The van der Waals surface area contributed by atoms with Gasteiger partial charge in [0.05, 0.1) is 0 Å². The van der Waals surface area contributed by atoms with Gasteiger partial charge in [0.25, 0.3) is 0 Å². The molecule has 0 atom stereocenters. The largest absolute Gasteiger partial charge is 0.330 e. The molecule has 0 unspecified atom stereocenters. The van der Waals surface area contributed by atoms with E-state index in [0.717, 1.165) is 19.5 Å². The highest BCUT2D eigenvalue weighted by Crippen LogP contribution is 2.12. The van der Waals surface area contributed by atoms with Gasteiger partial charge in [0.15, 0.2) is 0 Å². The van der Waals surface area contributed by atoms with Crippen molar-refractivity contribution in [2.24, 2.45) is 5.73 Å². The Hall–Kier alpha value is -0.120. The van der Waals surface area contributed by atoms with Crippen molar-refractivity contribution in [3.63, 3.8) is 0 Å². The van der Waals surface area contributed by atoms with Gasteiger partial charge in [0.1, 0.15) is 0 Å². The SMILES string of the molecule is NCCCCCCCCCCCCCCCCNO. The van der Waals surface area contributed by atoms with Gasteiger partial charge in [-0.25, -0.2) is 5.48 Å². The van der Waals surface area contributed by atoms with Crippen LogP contribution in [0.2, 0.25) is 0 Å². The Morgan fingerprint density at radius 3 is 1.16 bits per heavy atom. The monoisotopic (exact) mass is 272 g/mol. The molecule has 0 radical (unpaired) electrons. The van der Waals surface area contributed by atoms with Crippen LogP contribution in [0.1, 0.15) is 89.9 Å². The van der Waals surface area contributed by atoms with Crippen molar-refractivity contribution in [1.82, 2.24) is 5.48 Å². The molecule has 0 bridgehead atoms. The first-order chi connectivity index (χ1) is 9.41. The number of rotatable bonds is 16. The fraction of sp³-hybridized carbons (Fsp3) is 1.00. The summed E-state index contributed by atoms with van der Waals surface area (Å²) in [6.07, 6.45) is 18.8. The number of hydroxylamine groups is 1. The van der Waals surface area contributed by atoms with Crippen LogP contribution in [0.3, 0.4) is 0 Å². The maximum absolute atomic E-state index is 8.41. The van der Waals surface area contributed by atoms with Crippen molar-refractivity contribution in [3.8, 4) is 0 Å². The van der Waals surface area contributed by atoms with E-state index in [1.54, 1.807) is 0 Å². The van der Waals surface area contributed by atoms with Crippen LogP contribution >= 0.6 is 0 Å². The second kappa shape index (κ2) is 17.9. The van der Waals surface area contributed by atoms with Gasteiger partial charge < -0.3 is 10.9 Å². The summed E-state index contributed by atoms with van der Waals surface area (Å²) >= 11 is 0. The van der Waals surface area contributed by atoms with E-state index in [0.29, 0.717) is 0 Å². The summed E-state index contributed by atoms with van der Waals surface area (Å²) in [6, 6.07) is 0. The second-order valence-corrected chi connectivity index (χ2v) is 5.65. The summed E-state index contributed by atoms with van der Waals surface area (Å²) in [7, 11) is 0. The van der Waals surface area contributed by atoms with Crippen LogP contribution in [0.15, 0.2) is 0 Å². The average molecular weight is 272 g/mol. The number of nitrogens with one attached hydrogen (secondary N) is 1. The van der Waals surface area contributed by atoms with E-state index in [1.807, 2.05) is 0 Å². The Labute approximate surface area is 120 Å². The molecule has 0 rings (SSSR count). The van der Waals surface area contributed by atoms with E-state index in [-0.39, 0.29) is 0 Å². The lowest BCUT2D eigenvalue weighted by atomic mass is 10.0. The molecule has 0 amide bonds. The van der Waals surface area contributed by atoms with E-state index in [9.17, 15) is 0 Å². The van der Waals surface area contributed by atoms with Gasteiger partial charge >= 0.3 is 0 Å². The topological polar surface area (TPSA) is 58.3 Å². The number of unbranched alkanes of at least 4 members (excludes halogenated alkanes) is 13. The minimum absolute atomic E-state index is 0.741. The predicted molar refractivity (Wildman–Crippen MR) is 83.5 cm³/mol. The van der Waals surface area contributed by atoms with E-state index in [2.05, 4.69) is 5.48 Å². The molecule has 116 valence electrons. The minimum Gasteiger partial charge on any atom is -0.330 e. The van der Waals surface area contributed by atoms with Crippen LogP contribution in [0.4, 0.5) is 0 Å². The zero-order valence-electron chi connectivity index (χ0n) is 12.8. The molecule has 0 saturated heterocycles. The third-order valence-corrected chi connectivity index (χ3v) is 3.74.